The van der Waals surface area contributed by atoms with E-state index in [0.29, 0.717) is 17.0 Å². The number of esters is 1. The predicted octanol–water partition coefficient (Wildman–Crippen LogP) is 0.669. The number of hydrogen-bond donors (Lipinski definition) is 0. The van der Waals surface area contributed by atoms with Crippen LogP contribution in [0.5, 0.6) is 0 Å². The van der Waals surface area contributed by atoms with Crippen LogP contribution in [-0.2, 0) is 9.53 Å². The van der Waals surface area contributed by atoms with Crippen molar-refractivity contribution in [3.63, 3.8) is 0 Å². The number of ether oxygens (including phenoxy) is 1. The summed E-state index contributed by atoms with van der Waals surface area (Å²) in [5, 5.41) is 0. The van der Waals surface area contributed by atoms with Gasteiger partial charge in [0.15, 0.2) is 0 Å². The highest BCUT2D eigenvalue weighted by Crippen LogP contribution is 2.39. The van der Waals surface area contributed by atoms with Crippen molar-refractivity contribution in [1.29, 1.82) is 0 Å². The lowest BCUT2D eigenvalue weighted by Crippen LogP contribution is -2.00. The molecule has 3 rings (SSSR count). The van der Waals surface area contributed by atoms with Gasteiger partial charge in [-0.05, 0) is 0 Å². The van der Waals surface area contributed by atoms with E-state index in [1.807, 2.05) is 0 Å². The summed E-state index contributed by atoms with van der Waals surface area (Å²) >= 11 is 0. The van der Waals surface area contributed by atoms with E-state index in [1.165, 1.54) is 0 Å². The van der Waals surface area contributed by atoms with E-state index in [1.54, 1.807) is 12.2 Å². The van der Waals surface area contributed by atoms with Gasteiger partial charge in [-0.3, -0.25) is 0 Å². The van der Waals surface area contributed by atoms with Crippen LogP contribution in [0.2, 0.25) is 0 Å². The molecule has 1 fully saturated rings. The molecule has 4 nitrogen and oxygen atoms in total. The summed E-state index contributed by atoms with van der Waals surface area (Å²) in [7, 11) is 0. The van der Waals surface area contributed by atoms with Crippen molar-refractivity contribution in [2.45, 2.75) is 0 Å². The van der Waals surface area contributed by atoms with Gasteiger partial charge >= 0.3 is 5.97 Å². The standard InChI is InChI=1S/C8H4N2O2/c9-10-5-1-2-6(10)7-4(5)3-12-8(7)11/h1-2H,3H2. The van der Waals surface area contributed by atoms with Crippen LogP contribution in [0.15, 0.2) is 34.7 Å². The molecule has 58 valence electrons. The maximum atomic E-state index is 11.1. The molecule has 4 heteroatoms. The third-order valence-corrected chi connectivity index (χ3v) is 2.27. The molecule has 0 aromatic rings. The molecule has 0 aromatic heterocycles. The summed E-state index contributed by atoms with van der Waals surface area (Å²) in [6, 6.07) is 0. The van der Waals surface area contributed by atoms with Crippen LogP contribution in [0.25, 0.3) is 5.53 Å². The molecule has 3 aliphatic rings. The minimum atomic E-state index is -0.335. The topological polar surface area (TPSA) is 51.6 Å². The number of carbonyl (C=O) groups excluding carboxylic acids is 1. The van der Waals surface area contributed by atoms with E-state index in [4.69, 9.17) is 4.74 Å². The van der Waals surface area contributed by atoms with Crippen LogP contribution >= 0.6 is 0 Å². The third-order valence-electron chi connectivity index (χ3n) is 2.27. The molecule has 12 heavy (non-hydrogen) atoms. The lowest BCUT2D eigenvalue weighted by atomic mass is 10.1. The van der Waals surface area contributed by atoms with Gasteiger partial charge in [0.1, 0.15) is 12.2 Å². The van der Waals surface area contributed by atoms with Crippen molar-refractivity contribution < 1.29 is 14.2 Å². The van der Waals surface area contributed by atoms with Crippen LogP contribution < -0.4 is 0 Å². The van der Waals surface area contributed by atoms with Crippen LogP contribution in [0.1, 0.15) is 0 Å². The average Bonchev–Trinajstić information content (AvgIpc) is 2.66. The second-order valence-corrected chi connectivity index (χ2v) is 2.85. The molecule has 0 amide bonds. The molecule has 0 spiro atoms. The molecule has 0 aliphatic carbocycles. The Bertz CT molecular complexity index is 426. The van der Waals surface area contributed by atoms with Crippen LogP contribution in [0.3, 0.4) is 0 Å². The van der Waals surface area contributed by atoms with Gasteiger partial charge in [0.05, 0.1) is 5.57 Å². The van der Waals surface area contributed by atoms with Crippen molar-refractivity contribution >= 4 is 5.97 Å². The quantitative estimate of drug-likeness (QED) is 0.386. The summed E-state index contributed by atoms with van der Waals surface area (Å²) < 4.78 is 5.85. The Labute approximate surface area is 67.9 Å². The number of hydrogen-bond acceptors (Lipinski definition) is 2. The van der Waals surface area contributed by atoms with Crippen molar-refractivity contribution in [3.05, 3.63) is 40.2 Å². The lowest BCUT2D eigenvalue weighted by molar-refractivity contribution is -0.425. The number of allylic oxidation sites excluding steroid dienone is 2. The van der Waals surface area contributed by atoms with Gasteiger partial charge in [0.2, 0.25) is 11.4 Å². The third kappa shape index (κ3) is 0.423. The highest BCUT2D eigenvalue weighted by Gasteiger charge is 2.44. The van der Waals surface area contributed by atoms with Gasteiger partial charge in [0.25, 0.3) is 0 Å². The average molecular weight is 160 g/mol. The maximum absolute atomic E-state index is 11.1. The SMILES string of the molecule is [N-]=[N+]1C2=C3COC(=O)C3=C1C=C2. The first-order valence-electron chi connectivity index (χ1n) is 3.61. The highest BCUT2D eigenvalue weighted by atomic mass is 16.5. The van der Waals surface area contributed by atoms with Gasteiger partial charge in [-0.15, -0.1) is 0 Å². The lowest BCUT2D eigenvalue weighted by Gasteiger charge is -1.95. The molecule has 0 N–H and O–H groups in total. The van der Waals surface area contributed by atoms with E-state index in [2.05, 4.69) is 0 Å². The summed E-state index contributed by atoms with van der Waals surface area (Å²) in [5.74, 6) is -0.335. The van der Waals surface area contributed by atoms with Crippen molar-refractivity contribution in [2.24, 2.45) is 0 Å². The molecule has 0 atom stereocenters. The minimum absolute atomic E-state index is 0.286. The summed E-state index contributed by atoms with van der Waals surface area (Å²) in [6.45, 7) is 0.286. The normalized spacial score (nSPS) is 24.3. The highest BCUT2D eigenvalue weighted by molar-refractivity contribution is 5.99. The Morgan fingerprint density at radius 2 is 2.17 bits per heavy atom. The second kappa shape index (κ2) is 1.55. The van der Waals surface area contributed by atoms with Crippen molar-refractivity contribution in [2.75, 3.05) is 6.61 Å². The fourth-order valence-corrected chi connectivity index (χ4v) is 1.71. The molecule has 3 heterocycles. The summed E-state index contributed by atoms with van der Waals surface area (Å²) in [6.07, 6.45) is 3.48. The number of rotatable bonds is 0. The monoisotopic (exact) mass is 160 g/mol. The van der Waals surface area contributed by atoms with Gasteiger partial charge < -0.3 is 10.3 Å². The van der Waals surface area contributed by atoms with E-state index in [-0.39, 0.29) is 12.6 Å². The number of nitrogens with zero attached hydrogens (tertiary/aromatic N) is 2. The van der Waals surface area contributed by atoms with Crippen LogP contribution in [0, 0.1) is 0 Å². The number of fused-ring (bicyclic) bond motifs is 3. The zero-order chi connectivity index (χ0) is 8.29. The Morgan fingerprint density at radius 1 is 1.42 bits per heavy atom. The molecule has 1 saturated heterocycles. The molecule has 0 unspecified atom stereocenters. The van der Waals surface area contributed by atoms with Crippen molar-refractivity contribution in [3.8, 4) is 0 Å². The molecular formula is C8H4N2O2. The Balaban J connectivity index is 2.40. The predicted molar refractivity (Wildman–Crippen MR) is 37.8 cm³/mol. The first-order valence-corrected chi connectivity index (χ1v) is 3.61. The first kappa shape index (κ1) is 5.88. The molecule has 0 aromatic carbocycles. The van der Waals surface area contributed by atoms with E-state index in [0.717, 1.165) is 10.3 Å². The smallest absolute Gasteiger partial charge is 0.345 e. The van der Waals surface area contributed by atoms with E-state index in [9.17, 15) is 10.3 Å². The number of cyclic esters (lactones) is 1. The zero-order valence-corrected chi connectivity index (χ0v) is 6.07. The Morgan fingerprint density at radius 3 is 2.92 bits per heavy atom. The molecule has 0 saturated carbocycles. The van der Waals surface area contributed by atoms with Gasteiger partial charge in [0, 0.05) is 12.2 Å². The minimum Gasteiger partial charge on any atom is -0.493 e. The molecular weight excluding hydrogens is 156 g/mol. The maximum Gasteiger partial charge on any atom is 0.345 e. The molecule has 3 aliphatic heterocycles. The summed E-state index contributed by atoms with van der Waals surface area (Å²) in [4.78, 5) is 11.1. The largest absolute Gasteiger partial charge is 0.493 e. The van der Waals surface area contributed by atoms with Gasteiger partial charge in [-0.2, -0.15) is 0 Å². The van der Waals surface area contributed by atoms with Crippen molar-refractivity contribution in [1.82, 2.24) is 0 Å². The van der Waals surface area contributed by atoms with E-state index < -0.39 is 0 Å². The Hall–Kier alpha value is -1.71. The number of carbonyl (C=O) groups is 1. The fourth-order valence-electron chi connectivity index (χ4n) is 1.71. The summed E-state index contributed by atoms with van der Waals surface area (Å²) in [5.41, 5.74) is 11.9. The second-order valence-electron chi connectivity index (χ2n) is 2.85. The van der Waals surface area contributed by atoms with Gasteiger partial charge in [-0.1, -0.05) is 0 Å². The van der Waals surface area contributed by atoms with Crippen LogP contribution in [-0.4, -0.2) is 17.3 Å². The fraction of sp³-hybridized carbons (Fsp3) is 0.125. The molecule has 0 radical (unpaired) electrons. The Kier molecular flexibility index (Phi) is 0.760. The zero-order valence-electron chi connectivity index (χ0n) is 6.07. The molecule has 2 bridgehead atoms. The van der Waals surface area contributed by atoms with Gasteiger partial charge in [-0.25, -0.2) is 9.49 Å². The van der Waals surface area contributed by atoms with E-state index >= 15 is 0 Å². The first-order chi connectivity index (χ1) is 5.79. The van der Waals surface area contributed by atoms with Crippen LogP contribution in [0.4, 0.5) is 0 Å².